The Bertz CT molecular complexity index is 2270. The smallest absolute Gasteiger partial charge is 0.306 e. The fraction of sp³-hybridized carbons (Fsp3) is 0.262. The molecule has 0 amide bonds. The predicted molar refractivity (Wildman–Crippen MR) is 213 cm³/mol. The molecule has 0 fully saturated rings. The Morgan fingerprint density at radius 3 is 2.64 bits per heavy atom. The lowest BCUT2D eigenvalue weighted by molar-refractivity contribution is -0.143. The molecule has 0 saturated carbocycles. The summed E-state index contributed by atoms with van der Waals surface area (Å²) in [6.07, 6.45) is 13.4. The fourth-order valence-corrected chi connectivity index (χ4v) is 7.06. The van der Waals surface area contributed by atoms with Crippen LogP contribution in [0.5, 0.6) is 11.5 Å². The minimum absolute atomic E-state index is 0.0412. The van der Waals surface area contributed by atoms with Crippen LogP contribution in [-0.2, 0) is 27.9 Å². The lowest BCUT2D eigenvalue weighted by Crippen LogP contribution is -2.15. The van der Waals surface area contributed by atoms with Gasteiger partial charge in [-0.3, -0.25) is 16.9 Å². The van der Waals surface area contributed by atoms with Gasteiger partial charge in [-0.25, -0.2) is 8.78 Å². The highest BCUT2D eigenvalue weighted by molar-refractivity contribution is 14.1. The summed E-state index contributed by atoms with van der Waals surface area (Å²) in [4.78, 5) is 11.9. The van der Waals surface area contributed by atoms with Gasteiger partial charge in [-0.05, 0) is 78.6 Å². The zero-order valence-corrected chi connectivity index (χ0v) is 32.2. The normalized spacial score (nSPS) is 12.2. The van der Waals surface area contributed by atoms with Crippen molar-refractivity contribution < 1.29 is 23.0 Å². The number of carbonyl (C=O) groups is 1. The molecule has 0 aliphatic heterocycles. The van der Waals surface area contributed by atoms with E-state index < -0.39 is 11.6 Å². The van der Waals surface area contributed by atoms with E-state index in [2.05, 4.69) is 55.0 Å². The summed E-state index contributed by atoms with van der Waals surface area (Å²) >= 11 is 2.12. The molecule has 0 spiro atoms. The van der Waals surface area contributed by atoms with E-state index in [-0.39, 0.29) is 47.5 Å². The molecule has 3 aromatic heterocycles. The molecule has 0 aliphatic carbocycles. The average Bonchev–Trinajstić information content (AvgIpc) is 3.90. The molecule has 0 saturated heterocycles. The summed E-state index contributed by atoms with van der Waals surface area (Å²) in [5, 5.41) is 10.2. The molecule has 53 heavy (non-hydrogen) atoms. The molecule has 0 radical (unpaired) electrons. The van der Waals surface area contributed by atoms with E-state index in [1.807, 2.05) is 63.9 Å². The van der Waals surface area contributed by atoms with Gasteiger partial charge in [0.25, 0.3) is 0 Å². The number of benzene rings is 3. The monoisotopic (exact) mass is 829 g/mol. The first-order valence-corrected chi connectivity index (χ1v) is 18.5. The second-order valence-corrected chi connectivity index (χ2v) is 14.6. The summed E-state index contributed by atoms with van der Waals surface area (Å²) in [5.74, 6) is -0.974. The first-order chi connectivity index (χ1) is 25.5. The van der Waals surface area contributed by atoms with Crippen molar-refractivity contribution in [3.8, 4) is 22.8 Å². The zero-order valence-electron chi connectivity index (χ0n) is 30.1. The number of ether oxygens (including phenoxy) is 2. The van der Waals surface area contributed by atoms with Crippen molar-refractivity contribution in [1.82, 2.24) is 22.3 Å². The van der Waals surface area contributed by atoms with Crippen molar-refractivity contribution in [1.29, 1.82) is 0 Å². The molecule has 0 N–H and O–H groups in total. The van der Waals surface area contributed by atoms with Crippen molar-refractivity contribution in [2.24, 2.45) is 0 Å². The topological polar surface area (TPSA) is 76.1 Å². The first-order valence-electron chi connectivity index (χ1n) is 17.5. The van der Waals surface area contributed by atoms with E-state index >= 15 is 8.78 Å². The van der Waals surface area contributed by atoms with Crippen LogP contribution in [0.3, 0.4) is 0 Å². The van der Waals surface area contributed by atoms with Gasteiger partial charge in [0.15, 0.2) is 11.6 Å². The molecule has 6 rings (SSSR count). The number of fused-ring (bicyclic) bond motifs is 1. The molecule has 8 nitrogen and oxygen atoms in total. The highest BCUT2D eigenvalue weighted by Gasteiger charge is 2.24. The van der Waals surface area contributed by atoms with Crippen molar-refractivity contribution in [2.75, 3.05) is 6.61 Å². The van der Waals surface area contributed by atoms with Crippen LogP contribution in [0.1, 0.15) is 68.3 Å². The number of hydrogen-bond acceptors (Lipinski definition) is 5. The Kier molecular flexibility index (Phi) is 11.6. The van der Waals surface area contributed by atoms with E-state index in [0.29, 0.717) is 36.2 Å². The predicted octanol–water partition coefficient (Wildman–Crippen LogP) is 10.5. The second-order valence-electron chi connectivity index (χ2n) is 13.5. The number of esters is 1. The van der Waals surface area contributed by atoms with Crippen LogP contribution in [0.25, 0.3) is 22.2 Å². The maximum Gasteiger partial charge on any atom is 0.306 e. The van der Waals surface area contributed by atoms with E-state index in [4.69, 9.17) is 14.6 Å². The van der Waals surface area contributed by atoms with Crippen LogP contribution in [0, 0.1) is 11.6 Å². The van der Waals surface area contributed by atoms with Gasteiger partial charge in [-0.15, -0.1) is 13.2 Å². The van der Waals surface area contributed by atoms with Crippen LogP contribution >= 0.6 is 22.9 Å². The largest absolute Gasteiger partial charge is 0.466 e. The van der Waals surface area contributed by atoms with Gasteiger partial charge in [0.1, 0.15) is 11.6 Å². The van der Waals surface area contributed by atoms with Gasteiger partial charge in [0.05, 0.1) is 59.5 Å². The number of aromatic nitrogens is 5. The van der Waals surface area contributed by atoms with Gasteiger partial charge in [0, 0.05) is 47.6 Å². The number of rotatable bonds is 16. The SMILES string of the molecule is C=CCC(c1cccc(CCC(=O)OCC)c1)n1ccc(-c2cc(Oc3c(F)cc4c(ccn4I)c3Cn3cc(C(C)(C)CC=C)cn3)ccc2F)n1. The summed E-state index contributed by atoms with van der Waals surface area (Å²) in [5.41, 5.74) is 4.77. The highest BCUT2D eigenvalue weighted by Crippen LogP contribution is 2.38. The second kappa shape index (κ2) is 16.3. The average molecular weight is 830 g/mol. The number of hydrogen-bond donors (Lipinski definition) is 0. The van der Waals surface area contributed by atoms with Crippen LogP contribution < -0.4 is 4.74 Å². The zero-order chi connectivity index (χ0) is 37.7. The third-order valence-electron chi connectivity index (χ3n) is 9.36. The molecule has 11 heteroatoms. The number of carbonyl (C=O) groups excluding carboxylic acids is 1. The van der Waals surface area contributed by atoms with Gasteiger partial charge < -0.3 is 9.47 Å². The van der Waals surface area contributed by atoms with E-state index in [9.17, 15) is 4.79 Å². The van der Waals surface area contributed by atoms with Crippen molar-refractivity contribution in [3.63, 3.8) is 0 Å². The molecule has 0 bridgehead atoms. The third kappa shape index (κ3) is 8.45. The standard InChI is InChI=1S/C42H42F2IN5O3/c1-6-10-38(29-12-9-11-28(22-29)13-16-40(51)52-8-3)50-21-18-37(47-50)33-23-31(14-15-35(33)43)53-41-34(32-17-20-49(45)39(32)24-36(41)44)27-48-26-30(25-46-48)42(4,5)19-7-2/h6-7,9,11-12,14-15,17-18,20-26,38H,1-2,8,10,13,16,19,27H2,3-5H3. The van der Waals surface area contributed by atoms with Gasteiger partial charge in [-0.1, -0.05) is 50.3 Å². The molecule has 1 unspecified atom stereocenters. The van der Waals surface area contributed by atoms with E-state index in [0.717, 1.165) is 28.5 Å². The molecule has 3 aromatic carbocycles. The van der Waals surface area contributed by atoms with Gasteiger partial charge in [-0.2, -0.15) is 10.2 Å². The van der Waals surface area contributed by atoms with E-state index in [1.54, 1.807) is 34.6 Å². The van der Waals surface area contributed by atoms with Crippen molar-refractivity contribution in [2.45, 2.75) is 64.5 Å². The maximum atomic E-state index is 16.0. The minimum Gasteiger partial charge on any atom is -0.466 e. The molecule has 3 heterocycles. The molecular formula is C42H42F2IN5O3. The summed E-state index contributed by atoms with van der Waals surface area (Å²) < 4.78 is 48.3. The Morgan fingerprint density at radius 1 is 1.04 bits per heavy atom. The third-order valence-corrected chi connectivity index (χ3v) is 10.2. The van der Waals surface area contributed by atoms with E-state index in [1.165, 1.54) is 18.2 Å². The van der Waals surface area contributed by atoms with Gasteiger partial charge >= 0.3 is 5.97 Å². The molecule has 0 aliphatic rings. The Morgan fingerprint density at radius 2 is 1.87 bits per heavy atom. The van der Waals surface area contributed by atoms with Crippen LogP contribution in [0.4, 0.5) is 8.78 Å². The van der Waals surface area contributed by atoms with Crippen LogP contribution in [0.15, 0.2) is 111 Å². The fourth-order valence-electron chi connectivity index (χ4n) is 6.50. The molecule has 1 atom stereocenters. The first kappa shape index (κ1) is 37.7. The highest BCUT2D eigenvalue weighted by atomic mass is 127. The Hall–Kier alpha value is -5.04. The number of halogens is 3. The lowest BCUT2D eigenvalue weighted by atomic mass is 9.84. The Labute approximate surface area is 322 Å². The van der Waals surface area contributed by atoms with Gasteiger partial charge in [0.2, 0.25) is 0 Å². The van der Waals surface area contributed by atoms with Crippen molar-refractivity contribution >= 4 is 39.7 Å². The number of allylic oxidation sites excluding steroid dienone is 2. The number of nitrogens with zero attached hydrogens (tertiary/aromatic N) is 5. The van der Waals surface area contributed by atoms with Crippen molar-refractivity contribution in [3.05, 3.63) is 145 Å². The molecule has 274 valence electrons. The maximum absolute atomic E-state index is 16.0. The molecule has 6 aromatic rings. The van der Waals surface area contributed by atoms with Crippen LogP contribution in [-0.4, -0.2) is 34.9 Å². The quantitative estimate of drug-likeness (QED) is 0.0552. The summed E-state index contributed by atoms with van der Waals surface area (Å²) in [6, 6.07) is 17.2. The van der Waals surface area contributed by atoms with Crippen LogP contribution in [0.2, 0.25) is 0 Å². The Balaban J connectivity index is 1.30. The molecular weight excluding hydrogens is 787 g/mol. The summed E-state index contributed by atoms with van der Waals surface area (Å²) in [7, 11) is 0. The lowest BCUT2D eigenvalue weighted by Gasteiger charge is -2.20. The number of aryl methyl sites for hydroxylation is 1. The minimum atomic E-state index is -0.546. The summed E-state index contributed by atoms with van der Waals surface area (Å²) in [6.45, 7) is 14.5.